The highest BCUT2D eigenvalue weighted by molar-refractivity contribution is 5.64. The van der Waals surface area contributed by atoms with Gasteiger partial charge < -0.3 is 9.47 Å². The Hall–Kier alpha value is -2.81. The molecule has 3 nitrogen and oxygen atoms in total. The molecular weight excluding hydrogens is 382 g/mol. The molecule has 0 amide bonds. The quantitative estimate of drug-likeness (QED) is 0.449. The predicted molar refractivity (Wildman–Crippen MR) is 126 cm³/mol. The first-order valence-electron chi connectivity index (χ1n) is 11.1. The van der Waals surface area contributed by atoms with Gasteiger partial charge in [-0.25, -0.2) is 0 Å². The molecule has 3 aromatic rings. The summed E-state index contributed by atoms with van der Waals surface area (Å²) in [5.74, 6) is 2.67. The number of fused-ring (bicyclic) bond motifs is 1. The molecule has 3 heteroatoms. The van der Waals surface area contributed by atoms with Gasteiger partial charge in [0.25, 0.3) is 0 Å². The molecule has 0 bridgehead atoms. The minimum absolute atomic E-state index is 0.159. The fraction of sp³-hybridized carbons (Fsp3) is 0.393. The summed E-state index contributed by atoms with van der Waals surface area (Å²) in [6.07, 6.45) is 3.61. The first kappa shape index (κ1) is 21.4. The number of aromatic nitrogens is 1. The van der Waals surface area contributed by atoms with Gasteiger partial charge in [-0.1, -0.05) is 38.1 Å². The van der Waals surface area contributed by atoms with Crippen molar-refractivity contribution in [3.05, 3.63) is 87.7 Å². The molecule has 0 saturated carbocycles. The number of hydrogen-bond donors (Lipinski definition) is 0. The van der Waals surface area contributed by atoms with Crippen molar-refractivity contribution in [1.29, 1.82) is 0 Å². The molecule has 0 spiro atoms. The summed E-state index contributed by atoms with van der Waals surface area (Å²) in [7, 11) is 0. The first-order valence-corrected chi connectivity index (χ1v) is 11.1. The van der Waals surface area contributed by atoms with E-state index in [9.17, 15) is 0 Å². The Morgan fingerprint density at radius 3 is 2.19 bits per heavy atom. The van der Waals surface area contributed by atoms with E-state index in [0.717, 1.165) is 22.6 Å². The van der Waals surface area contributed by atoms with Gasteiger partial charge in [0.1, 0.15) is 23.7 Å². The molecule has 31 heavy (non-hydrogen) atoms. The second-order valence-corrected chi connectivity index (χ2v) is 9.55. The van der Waals surface area contributed by atoms with Crippen LogP contribution in [0.3, 0.4) is 0 Å². The zero-order valence-electron chi connectivity index (χ0n) is 19.7. The van der Waals surface area contributed by atoms with Gasteiger partial charge in [-0.15, -0.1) is 0 Å². The van der Waals surface area contributed by atoms with Crippen LogP contribution >= 0.6 is 0 Å². The number of ether oxygens (including phenoxy) is 2. The van der Waals surface area contributed by atoms with E-state index in [4.69, 9.17) is 9.47 Å². The minimum Gasteiger partial charge on any atom is -0.488 e. The standard InChI is InChI=1S/C28H33NO2/c1-17(2)22-8-10-23(11-9-22)25-24-20(5)26(30-16-21-12-14-29-15-13-21)18(3)19(4)27(24)31-28(25,6)7/h8-15,17,25H,16H2,1-7H3. The molecule has 2 heterocycles. The monoisotopic (exact) mass is 415 g/mol. The van der Waals surface area contributed by atoms with Crippen molar-refractivity contribution >= 4 is 0 Å². The third kappa shape index (κ3) is 3.82. The van der Waals surface area contributed by atoms with Crippen LogP contribution in [0, 0.1) is 20.8 Å². The van der Waals surface area contributed by atoms with E-state index >= 15 is 0 Å². The summed E-state index contributed by atoms with van der Waals surface area (Å²) < 4.78 is 13.0. The number of nitrogens with zero attached hydrogens (tertiary/aromatic N) is 1. The fourth-order valence-corrected chi connectivity index (χ4v) is 4.76. The molecule has 0 radical (unpaired) electrons. The number of pyridine rings is 1. The Balaban J connectivity index is 1.78. The summed E-state index contributed by atoms with van der Waals surface area (Å²) in [5, 5.41) is 0. The van der Waals surface area contributed by atoms with Crippen LogP contribution in [-0.2, 0) is 6.61 Å². The average molecular weight is 416 g/mol. The lowest BCUT2D eigenvalue weighted by atomic mass is 9.78. The van der Waals surface area contributed by atoms with E-state index in [0.29, 0.717) is 12.5 Å². The van der Waals surface area contributed by atoms with Crippen LogP contribution in [0.2, 0.25) is 0 Å². The van der Waals surface area contributed by atoms with Crippen molar-refractivity contribution in [2.24, 2.45) is 0 Å². The van der Waals surface area contributed by atoms with Gasteiger partial charge in [-0.2, -0.15) is 0 Å². The largest absolute Gasteiger partial charge is 0.488 e. The van der Waals surface area contributed by atoms with Crippen molar-refractivity contribution in [2.45, 2.75) is 72.5 Å². The van der Waals surface area contributed by atoms with Crippen molar-refractivity contribution in [3.63, 3.8) is 0 Å². The topological polar surface area (TPSA) is 31.4 Å². The maximum Gasteiger partial charge on any atom is 0.127 e. The molecule has 2 aromatic carbocycles. The molecule has 4 rings (SSSR count). The van der Waals surface area contributed by atoms with Gasteiger partial charge in [-0.05, 0) is 86.1 Å². The second kappa shape index (κ2) is 8.03. The maximum atomic E-state index is 6.59. The van der Waals surface area contributed by atoms with Gasteiger partial charge in [-0.3, -0.25) is 4.98 Å². The van der Waals surface area contributed by atoms with Crippen LogP contribution in [0.5, 0.6) is 11.5 Å². The van der Waals surface area contributed by atoms with Crippen LogP contribution in [0.4, 0.5) is 0 Å². The van der Waals surface area contributed by atoms with Gasteiger partial charge in [0.05, 0.1) is 5.92 Å². The van der Waals surface area contributed by atoms with Gasteiger partial charge in [0, 0.05) is 18.0 Å². The third-order valence-corrected chi connectivity index (χ3v) is 6.65. The highest BCUT2D eigenvalue weighted by Crippen LogP contribution is 2.54. The van der Waals surface area contributed by atoms with Crippen molar-refractivity contribution in [3.8, 4) is 11.5 Å². The fourth-order valence-electron chi connectivity index (χ4n) is 4.76. The molecule has 162 valence electrons. The highest BCUT2D eigenvalue weighted by Gasteiger charge is 2.45. The van der Waals surface area contributed by atoms with E-state index in [1.54, 1.807) is 12.4 Å². The molecule has 0 saturated heterocycles. The SMILES string of the molecule is Cc1c(C)c2c(c(C)c1OCc1ccncc1)C(c1ccc(C(C)C)cc1)C(C)(C)O2. The zero-order valence-corrected chi connectivity index (χ0v) is 19.7. The molecule has 1 aliphatic heterocycles. The molecule has 0 fully saturated rings. The minimum atomic E-state index is -0.326. The van der Waals surface area contributed by atoms with E-state index in [1.165, 1.54) is 27.8 Å². The van der Waals surface area contributed by atoms with E-state index < -0.39 is 0 Å². The van der Waals surface area contributed by atoms with E-state index in [1.807, 2.05) is 12.1 Å². The Morgan fingerprint density at radius 1 is 0.935 bits per heavy atom. The highest BCUT2D eigenvalue weighted by atomic mass is 16.5. The third-order valence-electron chi connectivity index (χ3n) is 6.65. The van der Waals surface area contributed by atoms with Crippen molar-refractivity contribution in [2.75, 3.05) is 0 Å². The van der Waals surface area contributed by atoms with E-state index in [2.05, 4.69) is 77.7 Å². The van der Waals surface area contributed by atoms with Gasteiger partial charge in [0.15, 0.2) is 0 Å². The zero-order chi connectivity index (χ0) is 22.3. The second-order valence-electron chi connectivity index (χ2n) is 9.55. The summed E-state index contributed by atoms with van der Waals surface area (Å²) in [4.78, 5) is 4.10. The van der Waals surface area contributed by atoms with E-state index in [-0.39, 0.29) is 11.5 Å². The molecule has 1 aliphatic rings. The molecule has 0 N–H and O–H groups in total. The molecule has 0 aliphatic carbocycles. The van der Waals surface area contributed by atoms with Crippen molar-refractivity contribution in [1.82, 2.24) is 4.98 Å². The smallest absolute Gasteiger partial charge is 0.127 e. The predicted octanol–water partition coefficient (Wildman–Crippen LogP) is 7.01. The molecule has 1 aromatic heterocycles. The lowest BCUT2D eigenvalue weighted by Gasteiger charge is -2.27. The number of rotatable bonds is 5. The Labute approximate surface area is 186 Å². The number of hydrogen-bond acceptors (Lipinski definition) is 3. The van der Waals surface area contributed by atoms with Crippen molar-refractivity contribution < 1.29 is 9.47 Å². The molecule has 1 atom stereocenters. The normalized spacial score (nSPS) is 16.8. The van der Waals surface area contributed by atoms with Crippen LogP contribution < -0.4 is 9.47 Å². The molecule has 1 unspecified atom stereocenters. The van der Waals surface area contributed by atoms with Crippen LogP contribution in [0.15, 0.2) is 48.8 Å². The van der Waals surface area contributed by atoms with Crippen LogP contribution in [0.25, 0.3) is 0 Å². The summed E-state index contributed by atoms with van der Waals surface area (Å²) in [6, 6.07) is 13.0. The molecular formula is C28H33NO2. The first-order chi connectivity index (χ1) is 14.7. The van der Waals surface area contributed by atoms with Gasteiger partial charge in [0.2, 0.25) is 0 Å². The Morgan fingerprint density at radius 2 is 1.58 bits per heavy atom. The maximum absolute atomic E-state index is 6.59. The average Bonchev–Trinajstić information content (AvgIpc) is 3.04. The summed E-state index contributed by atoms with van der Waals surface area (Å²) in [5.41, 5.74) is 8.19. The number of benzene rings is 2. The Kier molecular flexibility index (Phi) is 5.55. The lowest BCUT2D eigenvalue weighted by Crippen LogP contribution is -2.31. The lowest BCUT2D eigenvalue weighted by molar-refractivity contribution is 0.121. The van der Waals surface area contributed by atoms with Crippen LogP contribution in [0.1, 0.15) is 78.5 Å². The van der Waals surface area contributed by atoms with Crippen LogP contribution in [-0.4, -0.2) is 10.6 Å². The Bertz CT molecular complexity index is 1080. The summed E-state index contributed by atoms with van der Waals surface area (Å²) in [6.45, 7) is 15.8. The summed E-state index contributed by atoms with van der Waals surface area (Å²) >= 11 is 0. The van der Waals surface area contributed by atoms with Gasteiger partial charge >= 0.3 is 0 Å².